The fraction of sp³-hybridized carbons (Fsp3) is 0.172. The number of anilines is 1. The van der Waals surface area contributed by atoms with Gasteiger partial charge in [0, 0.05) is 59.4 Å². The summed E-state index contributed by atoms with van der Waals surface area (Å²) >= 11 is 0. The van der Waals surface area contributed by atoms with Gasteiger partial charge in [-0.1, -0.05) is 5.92 Å². The number of pyridine rings is 2. The molecule has 0 spiro atoms. The smallest absolute Gasteiger partial charge is 0.333 e. The molecule has 0 aliphatic carbocycles. The van der Waals surface area contributed by atoms with Crippen LogP contribution in [0, 0.1) is 23.7 Å². The van der Waals surface area contributed by atoms with Crippen molar-refractivity contribution in [3.63, 3.8) is 0 Å². The molecule has 1 unspecified atom stereocenters. The van der Waals surface area contributed by atoms with Crippen molar-refractivity contribution in [2.45, 2.75) is 19.1 Å². The van der Waals surface area contributed by atoms with Crippen molar-refractivity contribution in [1.29, 1.82) is 5.26 Å². The molecule has 1 aliphatic heterocycles. The van der Waals surface area contributed by atoms with Crippen LogP contribution < -0.4 is 9.64 Å². The van der Waals surface area contributed by atoms with Crippen LogP contribution in [0.2, 0.25) is 0 Å². The average Bonchev–Trinajstić information content (AvgIpc) is 3.73. The fourth-order valence-electron chi connectivity index (χ4n) is 4.76. The Bertz CT molecular complexity index is 1730. The number of ether oxygens (including phenoxy) is 1. The van der Waals surface area contributed by atoms with E-state index in [0.29, 0.717) is 39.0 Å². The summed E-state index contributed by atoms with van der Waals surface area (Å²) in [5.41, 5.74) is 4.45. The molecular formula is C29H21F2N7O. The van der Waals surface area contributed by atoms with Crippen molar-refractivity contribution in [2.75, 3.05) is 18.0 Å². The summed E-state index contributed by atoms with van der Waals surface area (Å²) in [6.45, 7) is -1.24. The second kappa shape index (κ2) is 9.92. The molecule has 192 valence electrons. The highest BCUT2D eigenvalue weighted by molar-refractivity contribution is 5.87. The van der Waals surface area contributed by atoms with Gasteiger partial charge in [0.15, 0.2) is 0 Å². The maximum Gasteiger partial charge on any atom is 0.333 e. The SMILES string of the molecule is C#Cc1ccc(OC2CCN(c3ccc(-c4cc(-c5cnn(C(F)F)c5)cn5ncc(C#N)c45)cn3)C2)cc1. The average molecular weight is 522 g/mol. The Morgan fingerprint density at radius 3 is 2.54 bits per heavy atom. The van der Waals surface area contributed by atoms with Gasteiger partial charge in [-0.05, 0) is 42.5 Å². The first-order chi connectivity index (χ1) is 19.0. The van der Waals surface area contributed by atoms with E-state index in [1.165, 1.54) is 18.6 Å². The Morgan fingerprint density at radius 2 is 1.85 bits per heavy atom. The van der Waals surface area contributed by atoms with Gasteiger partial charge >= 0.3 is 6.55 Å². The van der Waals surface area contributed by atoms with Crippen molar-refractivity contribution < 1.29 is 13.5 Å². The second-order valence-corrected chi connectivity index (χ2v) is 9.14. The highest BCUT2D eigenvalue weighted by Gasteiger charge is 2.25. The maximum atomic E-state index is 13.1. The first-order valence-electron chi connectivity index (χ1n) is 12.2. The summed E-state index contributed by atoms with van der Waals surface area (Å²) < 4.78 is 34.5. The molecular weight excluding hydrogens is 500 g/mol. The highest BCUT2D eigenvalue weighted by Crippen LogP contribution is 2.33. The largest absolute Gasteiger partial charge is 0.489 e. The van der Waals surface area contributed by atoms with Gasteiger partial charge in [0.05, 0.1) is 30.0 Å². The van der Waals surface area contributed by atoms with E-state index >= 15 is 0 Å². The van der Waals surface area contributed by atoms with Gasteiger partial charge in [0.25, 0.3) is 0 Å². The van der Waals surface area contributed by atoms with Crippen LogP contribution >= 0.6 is 0 Å². The van der Waals surface area contributed by atoms with Gasteiger partial charge in [-0.15, -0.1) is 6.42 Å². The molecule has 4 aromatic heterocycles. The summed E-state index contributed by atoms with van der Waals surface area (Å²) in [5, 5.41) is 17.7. The van der Waals surface area contributed by atoms with Crippen molar-refractivity contribution in [3.05, 3.63) is 84.6 Å². The lowest BCUT2D eigenvalue weighted by molar-refractivity contribution is 0.0566. The number of rotatable bonds is 6. The van der Waals surface area contributed by atoms with E-state index in [4.69, 9.17) is 16.1 Å². The molecule has 6 rings (SSSR count). The van der Waals surface area contributed by atoms with Gasteiger partial charge in [0.2, 0.25) is 0 Å². The van der Waals surface area contributed by atoms with Gasteiger partial charge < -0.3 is 9.64 Å². The summed E-state index contributed by atoms with van der Waals surface area (Å²) in [6.07, 6.45) is 13.9. The number of hydrogen-bond donors (Lipinski definition) is 0. The minimum absolute atomic E-state index is 0.0265. The number of hydrogen-bond acceptors (Lipinski definition) is 6. The topological polar surface area (TPSA) is 84.3 Å². The quantitative estimate of drug-likeness (QED) is 0.287. The molecule has 5 heterocycles. The highest BCUT2D eigenvalue weighted by atomic mass is 19.3. The molecule has 8 nitrogen and oxygen atoms in total. The van der Waals surface area contributed by atoms with E-state index in [9.17, 15) is 14.0 Å². The number of alkyl halides is 2. The molecule has 1 atom stereocenters. The Labute approximate surface area is 222 Å². The van der Waals surface area contributed by atoms with E-state index in [2.05, 4.69) is 27.1 Å². The molecule has 10 heteroatoms. The van der Waals surface area contributed by atoms with Crippen molar-refractivity contribution in [2.24, 2.45) is 0 Å². The zero-order chi connectivity index (χ0) is 26.9. The molecule has 0 N–H and O–H groups in total. The Morgan fingerprint density at radius 1 is 1.00 bits per heavy atom. The second-order valence-electron chi connectivity index (χ2n) is 9.14. The zero-order valence-electron chi connectivity index (χ0n) is 20.6. The first kappa shape index (κ1) is 24.1. The molecule has 0 radical (unpaired) electrons. The lowest BCUT2D eigenvalue weighted by Crippen LogP contribution is -2.25. The lowest BCUT2D eigenvalue weighted by Gasteiger charge is -2.18. The molecule has 39 heavy (non-hydrogen) atoms. The lowest BCUT2D eigenvalue weighted by atomic mass is 10.0. The Hall–Kier alpha value is -5.22. The van der Waals surface area contributed by atoms with Crippen LogP contribution in [0.25, 0.3) is 27.8 Å². The molecule has 1 aromatic carbocycles. The molecule has 0 saturated carbocycles. The molecule has 5 aromatic rings. The minimum Gasteiger partial charge on any atom is -0.489 e. The minimum atomic E-state index is -2.74. The fourth-order valence-corrected chi connectivity index (χ4v) is 4.76. The summed E-state index contributed by atoms with van der Waals surface area (Å²) in [5.74, 6) is 4.19. The number of nitrogens with zero attached hydrogens (tertiary/aromatic N) is 7. The number of aromatic nitrogens is 5. The van der Waals surface area contributed by atoms with Gasteiger partial charge in [-0.3, -0.25) is 0 Å². The molecule has 1 saturated heterocycles. The number of benzene rings is 1. The monoisotopic (exact) mass is 521 g/mol. The molecule has 0 bridgehead atoms. The van der Waals surface area contributed by atoms with Crippen LogP contribution in [-0.4, -0.2) is 43.6 Å². The standard InChI is InChI=1S/C29H21F2N7O/c1-2-19-3-6-24(7-4-19)39-25-9-10-36(18-25)27-8-5-20(13-33-27)26-11-21(23-15-35-38(17-23)29(30)31)16-37-28(26)22(12-32)14-34-37/h1,3-8,11,13-17,25,29H,9-10,18H2. The van der Waals surface area contributed by atoms with Crippen LogP contribution in [0.4, 0.5) is 14.6 Å². The third-order valence-corrected chi connectivity index (χ3v) is 6.72. The first-order valence-corrected chi connectivity index (χ1v) is 12.2. The number of fused-ring (bicyclic) bond motifs is 1. The third kappa shape index (κ3) is 4.64. The van der Waals surface area contributed by atoms with E-state index in [0.717, 1.165) is 35.7 Å². The van der Waals surface area contributed by atoms with Crippen molar-refractivity contribution in [3.8, 4) is 46.4 Å². The van der Waals surface area contributed by atoms with E-state index in [1.54, 1.807) is 16.9 Å². The van der Waals surface area contributed by atoms with E-state index in [-0.39, 0.29) is 6.10 Å². The summed E-state index contributed by atoms with van der Waals surface area (Å²) in [4.78, 5) is 6.86. The van der Waals surface area contributed by atoms with Gasteiger partial charge in [-0.25, -0.2) is 14.2 Å². The van der Waals surface area contributed by atoms with Crippen LogP contribution in [0.15, 0.2) is 73.4 Å². The summed E-state index contributed by atoms with van der Waals surface area (Å²) in [6, 6.07) is 15.4. The van der Waals surface area contributed by atoms with E-state index < -0.39 is 6.55 Å². The predicted octanol–water partition coefficient (Wildman–Crippen LogP) is 5.17. The van der Waals surface area contributed by atoms with Gasteiger partial charge in [0.1, 0.15) is 23.7 Å². The van der Waals surface area contributed by atoms with Crippen LogP contribution in [-0.2, 0) is 0 Å². The normalized spacial score (nSPS) is 15.0. The Balaban J connectivity index is 1.26. The summed E-state index contributed by atoms with van der Waals surface area (Å²) in [7, 11) is 0. The van der Waals surface area contributed by atoms with Crippen molar-refractivity contribution in [1.82, 2.24) is 24.4 Å². The van der Waals surface area contributed by atoms with Gasteiger partial charge in [-0.2, -0.15) is 24.2 Å². The molecule has 0 amide bonds. The number of halogens is 2. The van der Waals surface area contributed by atoms with Crippen LogP contribution in [0.5, 0.6) is 5.75 Å². The van der Waals surface area contributed by atoms with Crippen molar-refractivity contribution >= 4 is 11.3 Å². The van der Waals surface area contributed by atoms with Crippen LogP contribution in [0.3, 0.4) is 0 Å². The Kier molecular flexibility index (Phi) is 6.14. The third-order valence-electron chi connectivity index (χ3n) is 6.72. The molecule has 1 aliphatic rings. The zero-order valence-corrected chi connectivity index (χ0v) is 20.6. The maximum absolute atomic E-state index is 13.1. The van der Waals surface area contributed by atoms with E-state index in [1.807, 2.05) is 42.5 Å². The predicted molar refractivity (Wildman–Crippen MR) is 141 cm³/mol. The number of terminal acetylenes is 1. The molecule has 1 fully saturated rings. The van der Waals surface area contributed by atoms with Crippen LogP contribution in [0.1, 0.15) is 24.1 Å². The number of nitriles is 1.